The molecule has 0 spiro atoms. The Balaban J connectivity index is 2.63. The lowest BCUT2D eigenvalue weighted by Crippen LogP contribution is -2.44. The summed E-state index contributed by atoms with van der Waals surface area (Å²) in [5.41, 5.74) is 11.3. The van der Waals surface area contributed by atoms with Crippen LogP contribution in [0, 0.1) is 11.8 Å². The molecule has 0 radical (unpaired) electrons. The Labute approximate surface area is 122 Å². The van der Waals surface area contributed by atoms with Gasteiger partial charge in [0.05, 0.1) is 6.54 Å². The van der Waals surface area contributed by atoms with Crippen LogP contribution in [0.4, 0.5) is 0 Å². The molecule has 5 heteroatoms. The Bertz CT molecular complexity index is 333. The number of unbranched alkanes of at least 4 members (excludes halogenated alkanes) is 1. The van der Waals surface area contributed by atoms with Crippen LogP contribution in [0.1, 0.15) is 52.4 Å². The molecule has 1 fully saturated rings. The highest BCUT2D eigenvalue weighted by molar-refractivity contribution is 5.85. The number of hydrogen-bond acceptors (Lipinski definition) is 3. The fourth-order valence-corrected chi connectivity index (χ4v) is 3.01. The van der Waals surface area contributed by atoms with Gasteiger partial charge in [-0.25, -0.2) is 0 Å². The molecule has 4 N–H and O–H groups in total. The molecule has 3 unspecified atom stereocenters. The molecular weight excluding hydrogens is 254 g/mol. The third kappa shape index (κ3) is 5.12. The van der Waals surface area contributed by atoms with Gasteiger partial charge in [0.1, 0.15) is 0 Å². The predicted molar refractivity (Wildman–Crippen MR) is 79.8 cm³/mol. The summed E-state index contributed by atoms with van der Waals surface area (Å²) >= 11 is 0. The molecule has 5 nitrogen and oxygen atoms in total. The first-order valence-corrected chi connectivity index (χ1v) is 7.78. The molecule has 1 aliphatic rings. The van der Waals surface area contributed by atoms with E-state index in [4.69, 9.17) is 11.5 Å². The number of carbonyl (C=O) groups is 2. The van der Waals surface area contributed by atoms with Gasteiger partial charge in [-0.2, -0.15) is 0 Å². The van der Waals surface area contributed by atoms with Gasteiger partial charge in [-0.3, -0.25) is 9.59 Å². The van der Waals surface area contributed by atoms with Gasteiger partial charge >= 0.3 is 0 Å². The number of hydrogen-bond donors (Lipinski definition) is 2. The SMILES string of the molecule is CCCCN(CC(N)=O)C(=O)C(C)C1CCCC(N)C1. The first-order valence-electron chi connectivity index (χ1n) is 7.78. The standard InChI is InChI=1S/C15H29N3O2/c1-3-4-8-18(10-14(17)19)15(20)11(2)12-6-5-7-13(16)9-12/h11-13H,3-10,16H2,1-2H3,(H2,17,19). The number of nitrogens with two attached hydrogens (primary N) is 2. The zero-order valence-electron chi connectivity index (χ0n) is 12.8. The van der Waals surface area contributed by atoms with Gasteiger partial charge in [-0.1, -0.05) is 26.7 Å². The third-order valence-electron chi connectivity index (χ3n) is 4.29. The van der Waals surface area contributed by atoms with Crippen LogP contribution in [0.15, 0.2) is 0 Å². The molecule has 1 aliphatic carbocycles. The minimum Gasteiger partial charge on any atom is -0.368 e. The van der Waals surface area contributed by atoms with E-state index in [0.29, 0.717) is 12.5 Å². The van der Waals surface area contributed by atoms with Crippen molar-refractivity contribution in [3.63, 3.8) is 0 Å². The summed E-state index contributed by atoms with van der Waals surface area (Å²) in [4.78, 5) is 25.3. The molecule has 0 heterocycles. The summed E-state index contributed by atoms with van der Waals surface area (Å²) in [7, 11) is 0. The molecule has 20 heavy (non-hydrogen) atoms. The quantitative estimate of drug-likeness (QED) is 0.737. The van der Waals surface area contributed by atoms with Gasteiger partial charge in [-0.05, 0) is 31.6 Å². The molecule has 0 aromatic rings. The van der Waals surface area contributed by atoms with E-state index in [9.17, 15) is 9.59 Å². The van der Waals surface area contributed by atoms with Crippen LogP contribution < -0.4 is 11.5 Å². The number of rotatable bonds is 7. The van der Waals surface area contributed by atoms with Crippen molar-refractivity contribution in [2.75, 3.05) is 13.1 Å². The van der Waals surface area contributed by atoms with Gasteiger partial charge < -0.3 is 16.4 Å². The lowest BCUT2D eigenvalue weighted by molar-refractivity contribution is -0.140. The minimum atomic E-state index is -0.443. The Kier molecular flexibility index (Phi) is 6.99. The van der Waals surface area contributed by atoms with Crippen molar-refractivity contribution in [3.05, 3.63) is 0 Å². The normalized spacial score (nSPS) is 24.1. The molecule has 0 aromatic carbocycles. The molecule has 3 atom stereocenters. The maximum atomic E-state index is 12.6. The Morgan fingerprint density at radius 1 is 1.35 bits per heavy atom. The third-order valence-corrected chi connectivity index (χ3v) is 4.29. The molecule has 116 valence electrons. The Hall–Kier alpha value is -1.10. The second kappa shape index (κ2) is 8.25. The fraction of sp³-hybridized carbons (Fsp3) is 0.867. The summed E-state index contributed by atoms with van der Waals surface area (Å²) in [5.74, 6) is -0.126. The zero-order valence-corrected chi connectivity index (χ0v) is 12.8. The van der Waals surface area contributed by atoms with Crippen molar-refractivity contribution >= 4 is 11.8 Å². The average molecular weight is 283 g/mol. The predicted octanol–water partition coefficient (Wildman–Crippen LogP) is 1.25. The van der Waals surface area contributed by atoms with Crippen molar-refractivity contribution in [2.24, 2.45) is 23.3 Å². The molecule has 1 saturated carbocycles. The average Bonchev–Trinajstić information content (AvgIpc) is 2.41. The molecule has 2 amide bonds. The van der Waals surface area contributed by atoms with Gasteiger partial charge in [0.15, 0.2) is 0 Å². The van der Waals surface area contributed by atoms with E-state index < -0.39 is 5.91 Å². The maximum Gasteiger partial charge on any atom is 0.237 e. The van der Waals surface area contributed by atoms with E-state index in [2.05, 4.69) is 6.92 Å². The van der Waals surface area contributed by atoms with Gasteiger partial charge in [0.2, 0.25) is 11.8 Å². The summed E-state index contributed by atoms with van der Waals surface area (Å²) in [6.07, 6.45) is 6.00. The number of carbonyl (C=O) groups excluding carboxylic acids is 2. The fourth-order valence-electron chi connectivity index (χ4n) is 3.01. The van der Waals surface area contributed by atoms with Crippen molar-refractivity contribution in [1.82, 2.24) is 4.90 Å². The highest BCUT2D eigenvalue weighted by atomic mass is 16.2. The molecular formula is C15H29N3O2. The van der Waals surface area contributed by atoms with Crippen LogP contribution in [0.2, 0.25) is 0 Å². The Morgan fingerprint density at radius 3 is 2.60 bits per heavy atom. The highest BCUT2D eigenvalue weighted by Crippen LogP contribution is 2.30. The summed E-state index contributed by atoms with van der Waals surface area (Å²) in [5, 5.41) is 0. The molecule has 0 saturated heterocycles. The van der Waals surface area contributed by atoms with Crippen molar-refractivity contribution in [2.45, 2.75) is 58.4 Å². The second-order valence-corrected chi connectivity index (χ2v) is 6.06. The van der Waals surface area contributed by atoms with Crippen LogP contribution in [0.5, 0.6) is 0 Å². The molecule has 0 aliphatic heterocycles. The highest BCUT2D eigenvalue weighted by Gasteiger charge is 2.31. The van der Waals surface area contributed by atoms with Crippen LogP contribution in [-0.4, -0.2) is 35.8 Å². The lowest BCUT2D eigenvalue weighted by Gasteiger charge is -2.33. The summed E-state index contributed by atoms with van der Waals surface area (Å²) in [6, 6.07) is 0.212. The van der Waals surface area contributed by atoms with Crippen LogP contribution in [0.3, 0.4) is 0 Å². The molecule has 0 bridgehead atoms. The van der Waals surface area contributed by atoms with E-state index in [-0.39, 0.29) is 24.4 Å². The first-order chi connectivity index (χ1) is 9.45. The summed E-state index contributed by atoms with van der Waals surface area (Å²) < 4.78 is 0. The molecule has 0 aromatic heterocycles. The van der Waals surface area contributed by atoms with Gasteiger partial charge in [0.25, 0.3) is 0 Å². The Morgan fingerprint density at radius 2 is 2.05 bits per heavy atom. The topological polar surface area (TPSA) is 89.4 Å². The van der Waals surface area contributed by atoms with E-state index in [1.807, 2.05) is 6.92 Å². The van der Waals surface area contributed by atoms with Crippen LogP contribution in [0.25, 0.3) is 0 Å². The minimum absolute atomic E-state index is 0.0297. The zero-order chi connectivity index (χ0) is 15.1. The van der Waals surface area contributed by atoms with E-state index >= 15 is 0 Å². The van der Waals surface area contributed by atoms with E-state index in [1.165, 1.54) is 0 Å². The van der Waals surface area contributed by atoms with Crippen molar-refractivity contribution in [3.8, 4) is 0 Å². The van der Waals surface area contributed by atoms with Crippen molar-refractivity contribution in [1.29, 1.82) is 0 Å². The van der Waals surface area contributed by atoms with E-state index in [0.717, 1.165) is 38.5 Å². The second-order valence-electron chi connectivity index (χ2n) is 6.06. The number of amides is 2. The monoisotopic (exact) mass is 283 g/mol. The maximum absolute atomic E-state index is 12.6. The van der Waals surface area contributed by atoms with Crippen molar-refractivity contribution < 1.29 is 9.59 Å². The first kappa shape index (κ1) is 17.0. The van der Waals surface area contributed by atoms with Crippen LogP contribution in [-0.2, 0) is 9.59 Å². The van der Waals surface area contributed by atoms with Gasteiger partial charge in [0, 0.05) is 18.5 Å². The van der Waals surface area contributed by atoms with E-state index in [1.54, 1.807) is 4.90 Å². The lowest BCUT2D eigenvalue weighted by atomic mass is 9.78. The van der Waals surface area contributed by atoms with Crippen LogP contribution >= 0.6 is 0 Å². The number of nitrogens with zero attached hydrogens (tertiary/aromatic N) is 1. The number of primary amides is 1. The molecule has 1 rings (SSSR count). The summed E-state index contributed by atoms with van der Waals surface area (Å²) in [6.45, 7) is 4.67. The largest absolute Gasteiger partial charge is 0.368 e. The van der Waals surface area contributed by atoms with Gasteiger partial charge in [-0.15, -0.1) is 0 Å². The smallest absolute Gasteiger partial charge is 0.237 e.